The molecule has 1 saturated heterocycles. The molecule has 0 N–H and O–H groups in total. The van der Waals surface area contributed by atoms with Gasteiger partial charge in [0.25, 0.3) is 0 Å². The van der Waals surface area contributed by atoms with E-state index in [4.69, 9.17) is 18.3 Å². The van der Waals surface area contributed by atoms with Gasteiger partial charge in [-0.15, -0.1) is 0 Å². The molecule has 0 saturated carbocycles. The highest BCUT2D eigenvalue weighted by Crippen LogP contribution is 2.23. The summed E-state index contributed by atoms with van der Waals surface area (Å²) >= 11 is 0. The second kappa shape index (κ2) is 7.48. The molecule has 1 aliphatic rings. The van der Waals surface area contributed by atoms with Crippen LogP contribution in [0.2, 0.25) is 12.1 Å². The Kier molecular flexibility index (Phi) is 6.65. The molecule has 1 fully saturated rings. The standard InChI is InChI=1S/C12H26O4Si/c1-5-7-17(13-3,14-4)8-6-11(2)15-9-12-10-16-12/h11-12H,5-10H2,1-4H3. The minimum absolute atomic E-state index is 0.258. The highest BCUT2D eigenvalue weighted by Gasteiger charge is 2.34. The van der Waals surface area contributed by atoms with Crippen molar-refractivity contribution in [2.45, 2.75) is 51.0 Å². The SMILES string of the molecule is CCC[Si](CCC(C)OCC1CO1)(OC)OC. The summed E-state index contributed by atoms with van der Waals surface area (Å²) in [5.74, 6) is 0. The molecule has 1 rings (SSSR count). The molecule has 0 spiro atoms. The monoisotopic (exact) mass is 262 g/mol. The van der Waals surface area contributed by atoms with Crippen molar-refractivity contribution < 1.29 is 18.3 Å². The van der Waals surface area contributed by atoms with Crippen molar-refractivity contribution in [3.63, 3.8) is 0 Å². The molecule has 0 bridgehead atoms. The molecule has 0 aliphatic carbocycles. The van der Waals surface area contributed by atoms with Crippen LogP contribution in [-0.4, -0.2) is 48.2 Å². The molecular weight excluding hydrogens is 236 g/mol. The fourth-order valence-electron chi connectivity index (χ4n) is 1.94. The summed E-state index contributed by atoms with van der Waals surface area (Å²) in [7, 11) is 1.59. The van der Waals surface area contributed by atoms with Gasteiger partial charge in [0.1, 0.15) is 6.10 Å². The van der Waals surface area contributed by atoms with E-state index in [0.717, 1.165) is 38.1 Å². The van der Waals surface area contributed by atoms with E-state index in [0.29, 0.717) is 6.10 Å². The number of epoxide rings is 1. The van der Waals surface area contributed by atoms with Gasteiger partial charge in [-0.05, 0) is 25.4 Å². The molecule has 2 atom stereocenters. The second-order valence-corrected chi connectivity index (χ2v) is 8.34. The second-order valence-electron chi connectivity index (χ2n) is 4.71. The lowest BCUT2D eigenvalue weighted by atomic mass is 10.3. The van der Waals surface area contributed by atoms with E-state index in [2.05, 4.69) is 13.8 Å². The first-order valence-electron chi connectivity index (χ1n) is 6.49. The van der Waals surface area contributed by atoms with E-state index in [-0.39, 0.29) is 6.10 Å². The highest BCUT2D eigenvalue weighted by molar-refractivity contribution is 6.67. The van der Waals surface area contributed by atoms with Gasteiger partial charge in [-0.3, -0.25) is 0 Å². The van der Waals surface area contributed by atoms with Crippen molar-refractivity contribution in [1.82, 2.24) is 0 Å². The zero-order chi connectivity index (χ0) is 12.7. The molecule has 1 heterocycles. The Balaban J connectivity index is 2.23. The summed E-state index contributed by atoms with van der Waals surface area (Å²) in [6.07, 6.45) is 2.72. The van der Waals surface area contributed by atoms with E-state index in [1.165, 1.54) is 0 Å². The lowest BCUT2D eigenvalue weighted by Gasteiger charge is -2.28. The summed E-state index contributed by atoms with van der Waals surface area (Å²) in [6, 6.07) is 2.05. The van der Waals surface area contributed by atoms with Crippen molar-refractivity contribution in [3.8, 4) is 0 Å². The molecule has 5 heteroatoms. The Labute approximate surface area is 106 Å². The summed E-state index contributed by atoms with van der Waals surface area (Å²) < 4.78 is 22.1. The van der Waals surface area contributed by atoms with Crippen molar-refractivity contribution in [3.05, 3.63) is 0 Å². The zero-order valence-corrected chi connectivity index (χ0v) is 12.5. The Bertz CT molecular complexity index is 205. The van der Waals surface area contributed by atoms with Gasteiger partial charge in [0.2, 0.25) is 0 Å². The van der Waals surface area contributed by atoms with Crippen LogP contribution < -0.4 is 0 Å². The topological polar surface area (TPSA) is 40.2 Å². The average Bonchev–Trinajstić information content (AvgIpc) is 3.16. The van der Waals surface area contributed by atoms with Gasteiger partial charge < -0.3 is 18.3 Å². The number of ether oxygens (including phenoxy) is 2. The Morgan fingerprint density at radius 1 is 1.29 bits per heavy atom. The lowest BCUT2D eigenvalue weighted by Crippen LogP contribution is -2.40. The van der Waals surface area contributed by atoms with E-state index in [9.17, 15) is 0 Å². The molecule has 0 aromatic rings. The van der Waals surface area contributed by atoms with E-state index in [1.807, 2.05) is 0 Å². The van der Waals surface area contributed by atoms with Crippen LogP contribution in [0.3, 0.4) is 0 Å². The van der Waals surface area contributed by atoms with Gasteiger partial charge in [0.15, 0.2) is 0 Å². The first kappa shape index (κ1) is 15.1. The van der Waals surface area contributed by atoms with Crippen LogP contribution in [0.4, 0.5) is 0 Å². The van der Waals surface area contributed by atoms with E-state index >= 15 is 0 Å². The van der Waals surface area contributed by atoms with Crippen LogP contribution in [0.25, 0.3) is 0 Å². The van der Waals surface area contributed by atoms with Crippen LogP contribution in [0.1, 0.15) is 26.7 Å². The largest absolute Gasteiger partial charge is 0.398 e. The van der Waals surface area contributed by atoms with E-state index in [1.54, 1.807) is 14.2 Å². The van der Waals surface area contributed by atoms with Crippen molar-refractivity contribution in [1.29, 1.82) is 0 Å². The Hall–Kier alpha value is 0.0569. The fraction of sp³-hybridized carbons (Fsp3) is 1.00. The molecule has 0 aromatic heterocycles. The summed E-state index contributed by atoms with van der Waals surface area (Å²) in [6.45, 7) is 5.86. The highest BCUT2D eigenvalue weighted by atomic mass is 28.4. The molecule has 17 heavy (non-hydrogen) atoms. The first-order valence-corrected chi connectivity index (χ1v) is 8.72. The average molecular weight is 262 g/mol. The van der Waals surface area contributed by atoms with Gasteiger partial charge in [0, 0.05) is 14.2 Å². The van der Waals surface area contributed by atoms with Crippen molar-refractivity contribution >= 4 is 8.56 Å². The maximum absolute atomic E-state index is 5.71. The molecule has 102 valence electrons. The molecule has 2 unspecified atom stereocenters. The zero-order valence-electron chi connectivity index (χ0n) is 11.5. The third-order valence-electron chi connectivity index (χ3n) is 3.28. The molecule has 4 nitrogen and oxygen atoms in total. The third kappa shape index (κ3) is 5.48. The lowest BCUT2D eigenvalue weighted by molar-refractivity contribution is 0.0503. The van der Waals surface area contributed by atoms with E-state index < -0.39 is 8.56 Å². The number of hydrogen-bond acceptors (Lipinski definition) is 4. The summed E-state index contributed by atoms with van der Waals surface area (Å²) in [5, 5.41) is 0. The molecule has 0 aromatic carbocycles. The third-order valence-corrected chi connectivity index (χ3v) is 7.08. The van der Waals surface area contributed by atoms with Gasteiger partial charge in [0.05, 0.1) is 19.3 Å². The molecule has 0 radical (unpaired) electrons. The molecular formula is C12H26O4Si. The number of rotatable bonds is 10. The van der Waals surface area contributed by atoms with Crippen LogP contribution >= 0.6 is 0 Å². The normalized spacial score (nSPS) is 21.5. The fourth-order valence-corrected chi connectivity index (χ4v) is 4.78. The summed E-state index contributed by atoms with van der Waals surface area (Å²) in [4.78, 5) is 0. The van der Waals surface area contributed by atoms with Crippen molar-refractivity contribution in [2.24, 2.45) is 0 Å². The van der Waals surface area contributed by atoms with Crippen LogP contribution in [0, 0.1) is 0 Å². The first-order chi connectivity index (χ1) is 8.15. The molecule has 0 amide bonds. The Morgan fingerprint density at radius 2 is 1.94 bits per heavy atom. The van der Waals surface area contributed by atoms with Gasteiger partial charge in [-0.1, -0.05) is 13.3 Å². The number of hydrogen-bond donors (Lipinski definition) is 0. The minimum atomic E-state index is -1.96. The van der Waals surface area contributed by atoms with Gasteiger partial charge in [-0.2, -0.15) is 0 Å². The molecule has 1 aliphatic heterocycles. The maximum Gasteiger partial charge on any atom is 0.337 e. The van der Waals surface area contributed by atoms with Crippen LogP contribution in [0.5, 0.6) is 0 Å². The quantitative estimate of drug-likeness (QED) is 0.447. The maximum atomic E-state index is 5.71. The summed E-state index contributed by atoms with van der Waals surface area (Å²) in [5.41, 5.74) is 0. The van der Waals surface area contributed by atoms with Gasteiger partial charge in [-0.25, -0.2) is 0 Å². The van der Waals surface area contributed by atoms with Gasteiger partial charge >= 0.3 is 8.56 Å². The van der Waals surface area contributed by atoms with Crippen LogP contribution in [-0.2, 0) is 18.3 Å². The smallest absolute Gasteiger partial charge is 0.337 e. The van der Waals surface area contributed by atoms with Crippen molar-refractivity contribution in [2.75, 3.05) is 27.4 Å². The predicted octanol–water partition coefficient (Wildman–Crippen LogP) is 2.33. The minimum Gasteiger partial charge on any atom is -0.398 e. The Morgan fingerprint density at radius 3 is 2.41 bits per heavy atom. The predicted molar refractivity (Wildman–Crippen MR) is 69.4 cm³/mol. The van der Waals surface area contributed by atoms with Crippen LogP contribution in [0.15, 0.2) is 0 Å².